The van der Waals surface area contributed by atoms with Crippen molar-refractivity contribution < 1.29 is 18.8 Å². The molecule has 0 unspecified atom stereocenters. The Hall–Kier alpha value is -6.28. The van der Waals surface area contributed by atoms with Gasteiger partial charge >= 0.3 is 7.12 Å². The Kier molecular flexibility index (Phi) is 6.88. The van der Waals surface area contributed by atoms with Gasteiger partial charge in [0.1, 0.15) is 0 Å². The van der Waals surface area contributed by atoms with Gasteiger partial charge in [-0.05, 0) is 184 Å². The van der Waals surface area contributed by atoms with Gasteiger partial charge in [0.2, 0.25) is 0 Å². The molecular weight excluding hydrogens is 727 g/mol. The molecule has 0 atom stereocenters. The van der Waals surface area contributed by atoms with Crippen LogP contribution in [0, 0.1) is 27.7 Å². The first-order valence-electron chi connectivity index (χ1n) is 20.6. The molecule has 0 amide bonds. The fourth-order valence-electron chi connectivity index (χ4n) is 9.63. The van der Waals surface area contributed by atoms with Gasteiger partial charge in [0, 0.05) is 21.5 Å². The van der Waals surface area contributed by atoms with Crippen LogP contribution in [0.4, 0.5) is 0 Å². The zero-order chi connectivity index (χ0) is 40.3. The van der Waals surface area contributed by atoms with Crippen molar-refractivity contribution in [2.75, 3.05) is 0 Å². The lowest BCUT2D eigenvalue weighted by Crippen LogP contribution is -2.41. The number of nitrogens with zero attached hydrogens (tertiary/aromatic N) is 2. The summed E-state index contributed by atoms with van der Waals surface area (Å²) in [5, 5.41) is 4.73. The molecule has 0 saturated carbocycles. The van der Waals surface area contributed by atoms with Crippen LogP contribution in [0.1, 0.15) is 49.9 Å². The van der Waals surface area contributed by atoms with Crippen molar-refractivity contribution >= 4 is 56.2 Å². The van der Waals surface area contributed by atoms with Crippen LogP contribution >= 0.6 is 0 Å². The Labute approximate surface area is 343 Å². The Bertz CT molecular complexity index is 3130. The van der Waals surface area contributed by atoms with Crippen LogP contribution in [0.3, 0.4) is 0 Å². The summed E-state index contributed by atoms with van der Waals surface area (Å²) in [4.78, 5) is 0. The van der Waals surface area contributed by atoms with E-state index in [1.165, 1.54) is 32.7 Å². The van der Waals surface area contributed by atoms with E-state index in [9.17, 15) is 0 Å². The molecule has 0 spiro atoms. The normalized spacial score (nSPS) is 15.8. The molecule has 288 valence electrons. The van der Waals surface area contributed by atoms with E-state index in [2.05, 4.69) is 180 Å². The largest absolute Gasteiger partial charge is 0.494 e. The number of aromatic nitrogens is 2. The lowest BCUT2D eigenvalue weighted by Gasteiger charge is -2.32. The molecule has 2 aromatic heterocycles. The van der Waals surface area contributed by atoms with E-state index >= 15 is 0 Å². The molecule has 0 N–H and O–H groups in total. The summed E-state index contributed by atoms with van der Waals surface area (Å²) >= 11 is 0. The van der Waals surface area contributed by atoms with Crippen LogP contribution in [0.5, 0.6) is 23.0 Å². The second-order valence-corrected chi connectivity index (χ2v) is 18.0. The number of hydrogen-bond donors (Lipinski definition) is 0. The van der Waals surface area contributed by atoms with E-state index in [1.54, 1.807) is 0 Å². The molecule has 0 radical (unpaired) electrons. The summed E-state index contributed by atoms with van der Waals surface area (Å²) < 4.78 is 31.3. The average Bonchev–Trinajstić information content (AvgIpc) is 3.78. The van der Waals surface area contributed by atoms with Crippen LogP contribution in [-0.2, 0) is 9.31 Å². The molecule has 3 aliphatic rings. The predicted octanol–water partition coefficient (Wildman–Crippen LogP) is 13.0. The van der Waals surface area contributed by atoms with Crippen LogP contribution in [0.15, 0.2) is 115 Å². The summed E-state index contributed by atoms with van der Waals surface area (Å²) in [6.07, 6.45) is 0. The van der Waals surface area contributed by atoms with E-state index in [0.717, 1.165) is 95.3 Å². The fraction of sp³-hybridized carbons (Fsp3) is 0.192. The van der Waals surface area contributed by atoms with Crippen molar-refractivity contribution in [3.05, 3.63) is 138 Å². The van der Waals surface area contributed by atoms with Gasteiger partial charge < -0.3 is 27.9 Å². The number of rotatable bonds is 3. The summed E-state index contributed by atoms with van der Waals surface area (Å²) in [7, 11) is -0.525. The van der Waals surface area contributed by atoms with Crippen molar-refractivity contribution in [1.82, 2.24) is 9.13 Å². The zero-order valence-electron chi connectivity index (χ0n) is 34.6. The third kappa shape index (κ3) is 4.95. The minimum atomic E-state index is -0.525. The molecule has 3 aliphatic heterocycles. The van der Waals surface area contributed by atoms with E-state index in [-0.39, 0.29) is 0 Å². The van der Waals surface area contributed by atoms with Crippen molar-refractivity contribution in [1.29, 1.82) is 0 Å². The number of hydrogen-bond acceptors (Lipinski definition) is 4. The molecule has 7 heteroatoms. The molecule has 59 heavy (non-hydrogen) atoms. The third-order valence-corrected chi connectivity index (χ3v) is 13.2. The third-order valence-electron chi connectivity index (χ3n) is 13.2. The number of benzene rings is 7. The second kappa shape index (κ2) is 11.7. The lowest BCUT2D eigenvalue weighted by atomic mass is 9.76. The van der Waals surface area contributed by atoms with Gasteiger partial charge in [-0.3, -0.25) is 0 Å². The van der Waals surface area contributed by atoms with E-state index in [0.29, 0.717) is 0 Å². The van der Waals surface area contributed by atoms with Crippen molar-refractivity contribution in [2.45, 2.75) is 66.6 Å². The number of fused-ring (bicyclic) bond motifs is 10. The van der Waals surface area contributed by atoms with Crippen LogP contribution in [0.2, 0.25) is 0 Å². The standard InChI is InChI=1S/C52H43BN2O4/c1-28-9-13-43-45(19-28)56-47-21-30(3)17-39-37-26-32(11-15-41(37)54(43)49(39)47)34-23-35(25-36(24-34)53-58-51(5,6)52(7,8)59-53)33-12-16-42-38(27-33)40-18-31(4)22-48-50(40)55(42)44-14-10-29(2)20-46(44)57-48/h9-27H,1-8H3. The van der Waals surface area contributed by atoms with Crippen molar-refractivity contribution in [2.24, 2.45) is 0 Å². The maximum Gasteiger partial charge on any atom is 0.494 e. The molecule has 9 aromatic rings. The highest BCUT2D eigenvalue weighted by atomic mass is 16.7. The Balaban J connectivity index is 1.07. The topological polar surface area (TPSA) is 46.8 Å². The van der Waals surface area contributed by atoms with Crippen LogP contribution in [0.25, 0.3) is 77.2 Å². The first-order chi connectivity index (χ1) is 28.3. The van der Waals surface area contributed by atoms with Gasteiger partial charge in [0.05, 0.1) is 44.6 Å². The summed E-state index contributed by atoms with van der Waals surface area (Å²) in [5.41, 5.74) is 15.8. The lowest BCUT2D eigenvalue weighted by molar-refractivity contribution is 0.00578. The van der Waals surface area contributed by atoms with Gasteiger partial charge in [-0.1, -0.05) is 36.4 Å². The van der Waals surface area contributed by atoms with E-state index in [1.807, 2.05) is 0 Å². The van der Waals surface area contributed by atoms with Gasteiger partial charge in [-0.15, -0.1) is 0 Å². The minimum absolute atomic E-state index is 0.479. The van der Waals surface area contributed by atoms with Gasteiger partial charge in [0.15, 0.2) is 23.0 Å². The molecule has 6 nitrogen and oxygen atoms in total. The van der Waals surface area contributed by atoms with Crippen molar-refractivity contribution in [3.8, 4) is 56.6 Å². The highest BCUT2D eigenvalue weighted by molar-refractivity contribution is 6.62. The summed E-state index contributed by atoms with van der Waals surface area (Å²) in [6, 6.07) is 42.4. The molecule has 1 saturated heterocycles. The Morgan fingerprint density at radius 3 is 1.31 bits per heavy atom. The van der Waals surface area contributed by atoms with E-state index < -0.39 is 18.3 Å². The molecular formula is C52H43BN2O4. The summed E-state index contributed by atoms with van der Waals surface area (Å²) in [5.74, 6) is 3.54. The molecule has 0 aliphatic carbocycles. The van der Waals surface area contributed by atoms with Crippen LogP contribution in [-0.4, -0.2) is 27.5 Å². The van der Waals surface area contributed by atoms with Crippen LogP contribution < -0.4 is 14.9 Å². The van der Waals surface area contributed by atoms with Gasteiger partial charge in [-0.25, -0.2) is 0 Å². The first kappa shape index (κ1) is 34.7. The quantitative estimate of drug-likeness (QED) is 0.168. The fourth-order valence-corrected chi connectivity index (χ4v) is 9.63. The Morgan fingerprint density at radius 1 is 0.407 bits per heavy atom. The Morgan fingerprint density at radius 2 is 0.847 bits per heavy atom. The number of ether oxygens (including phenoxy) is 2. The predicted molar refractivity (Wildman–Crippen MR) is 241 cm³/mol. The molecule has 1 fully saturated rings. The SMILES string of the molecule is Cc1ccc2c(c1)Oc1cc(C)cc3c4cc(-c5cc(B6OC(C)(C)C(C)(C)O6)cc(-c6ccc7c(c6)c6cc(C)cc8c6n7-c6ccc(C)cc6O8)c5)ccc4n-2c13. The number of aryl methyl sites for hydroxylation is 4. The molecule has 5 heterocycles. The van der Waals surface area contributed by atoms with Gasteiger partial charge in [0.25, 0.3) is 0 Å². The zero-order valence-corrected chi connectivity index (χ0v) is 34.6. The monoisotopic (exact) mass is 770 g/mol. The molecule has 0 bridgehead atoms. The highest BCUT2D eigenvalue weighted by Gasteiger charge is 2.52. The average molecular weight is 771 g/mol. The smallest absolute Gasteiger partial charge is 0.453 e. The molecule has 12 rings (SSSR count). The highest BCUT2D eigenvalue weighted by Crippen LogP contribution is 2.49. The van der Waals surface area contributed by atoms with Crippen molar-refractivity contribution in [3.63, 3.8) is 0 Å². The second-order valence-electron chi connectivity index (χ2n) is 18.0. The molecule has 7 aromatic carbocycles. The van der Waals surface area contributed by atoms with E-state index in [4.69, 9.17) is 18.8 Å². The maximum absolute atomic E-state index is 6.72. The minimum Gasteiger partial charge on any atom is -0.453 e. The summed E-state index contributed by atoms with van der Waals surface area (Å²) in [6.45, 7) is 17.0. The maximum atomic E-state index is 6.72. The van der Waals surface area contributed by atoms with Gasteiger partial charge in [-0.2, -0.15) is 0 Å². The first-order valence-corrected chi connectivity index (χ1v) is 20.6.